The van der Waals surface area contributed by atoms with E-state index in [1.54, 1.807) is 0 Å². The van der Waals surface area contributed by atoms with Crippen LogP contribution in [0, 0.1) is 13.8 Å². The highest BCUT2D eigenvalue weighted by atomic mass is 16.5. The molecule has 21 heavy (non-hydrogen) atoms. The van der Waals surface area contributed by atoms with E-state index in [9.17, 15) is 0 Å². The largest absolute Gasteiger partial charge is 0.374 e. The lowest BCUT2D eigenvalue weighted by Crippen LogP contribution is -2.56. The predicted octanol–water partition coefficient (Wildman–Crippen LogP) is 1.54. The summed E-state index contributed by atoms with van der Waals surface area (Å²) in [5.74, 6) is 5.83. The highest BCUT2D eigenvalue weighted by Crippen LogP contribution is 2.25. The SMILES string of the molecule is Cc1ccc(C)c(CC(NN)C2CN3CCCC3CO2)c1. The Morgan fingerprint density at radius 1 is 1.43 bits per heavy atom. The van der Waals surface area contributed by atoms with Crippen LogP contribution < -0.4 is 11.3 Å². The van der Waals surface area contributed by atoms with Crippen LogP contribution in [0.15, 0.2) is 18.2 Å². The Hall–Kier alpha value is -0.940. The van der Waals surface area contributed by atoms with Crippen LogP contribution >= 0.6 is 0 Å². The fourth-order valence-electron chi connectivity index (χ4n) is 3.64. The normalized spacial score (nSPS) is 27.6. The van der Waals surface area contributed by atoms with Gasteiger partial charge in [0.1, 0.15) is 0 Å². The summed E-state index contributed by atoms with van der Waals surface area (Å²) < 4.78 is 6.10. The van der Waals surface area contributed by atoms with Gasteiger partial charge < -0.3 is 4.74 Å². The summed E-state index contributed by atoms with van der Waals surface area (Å²) in [5, 5.41) is 0. The number of hydrogen-bond donors (Lipinski definition) is 2. The quantitative estimate of drug-likeness (QED) is 0.652. The average Bonchev–Trinajstić information content (AvgIpc) is 2.95. The van der Waals surface area contributed by atoms with Gasteiger partial charge in [0.05, 0.1) is 18.8 Å². The van der Waals surface area contributed by atoms with Crippen LogP contribution in [0.4, 0.5) is 0 Å². The van der Waals surface area contributed by atoms with Crippen LogP contribution in [0.1, 0.15) is 29.5 Å². The van der Waals surface area contributed by atoms with E-state index >= 15 is 0 Å². The van der Waals surface area contributed by atoms with E-state index in [4.69, 9.17) is 10.6 Å². The third-order valence-electron chi connectivity index (χ3n) is 5.02. The van der Waals surface area contributed by atoms with Crippen LogP contribution in [-0.4, -0.2) is 42.8 Å². The van der Waals surface area contributed by atoms with Crippen molar-refractivity contribution in [3.8, 4) is 0 Å². The van der Waals surface area contributed by atoms with Crippen molar-refractivity contribution in [3.63, 3.8) is 0 Å². The number of fused-ring (bicyclic) bond motifs is 1. The van der Waals surface area contributed by atoms with Gasteiger partial charge in [-0.05, 0) is 50.8 Å². The van der Waals surface area contributed by atoms with Crippen molar-refractivity contribution in [2.24, 2.45) is 5.84 Å². The molecule has 2 saturated heterocycles. The Labute approximate surface area is 127 Å². The fraction of sp³-hybridized carbons (Fsp3) is 0.647. The van der Waals surface area contributed by atoms with Crippen LogP contribution in [0.25, 0.3) is 0 Å². The molecular formula is C17H27N3O. The standard InChI is InChI=1S/C17H27N3O/c1-12-5-6-13(2)14(8-12)9-16(19-18)17-10-20-7-3-4-15(20)11-21-17/h5-6,8,15-17,19H,3-4,7,9-11,18H2,1-2H3. The second-order valence-corrected chi connectivity index (χ2v) is 6.57. The summed E-state index contributed by atoms with van der Waals surface area (Å²) in [6, 6.07) is 7.43. The van der Waals surface area contributed by atoms with Gasteiger partial charge in [0, 0.05) is 12.6 Å². The van der Waals surface area contributed by atoms with Gasteiger partial charge in [0.15, 0.2) is 0 Å². The zero-order valence-electron chi connectivity index (χ0n) is 13.1. The van der Waals surface area contributed by atoms with Crippen molar-refractivity contribution in [2.75, 3.05) is 19.7 Å². The first kappa shape index (κ1) is 15.0. The molecule has 2 fully saturated rings. The smallest absolute Gasteiger partial charge is 0.0872 e. The number of nitrogens with zero attached hydrogens (tertiary/aromatic N) is 1. The van der Waals surface area contributed by atoms with Crippen LogP contribution in [0.3, 0.4) is 0 Å². The van der Waals surface area contributed by atoms with Crippen molar-refractivity contribution >= 4 is 0 Å². The predicted molar refractivity (Wildman–Crippen MR) is 85.1 cm³/mol. The molecule has 0 amide bonds. The first-order valence-corrected chi connectivity index (χ1v) is 8.05. The zero-order valence-corrected chi connectivity index (χ0v) is 13.1. The molecule has 2 heterocycles. The van der Waals surface area contributed by atoms with E-state index in [-0.39, 0.29) is 12.1 Å². The number of nitrogens with two attached hydrogens (primary N) is 1. The summed E-state index contributed by atoms with van der Waals surface area (Å²) >= 11 is 0. The first-order valence-electron chi connectivity index (χ1n) is 8.05. The minimum absolute atomic E-state index is 0.173. The third kappa shape index (κ3) is 3.29. The van der Waals surface area contributed by atoms with Gasteiger partial charge in [0.25, 0.3) is 0 Å². The number of morpholine rings is 1. The van der Waals surface area contributed by atoms with E-state index < -0.39 is 0 Å². The van der Waals surface area contributed by atoms with Gasteiger partial charge in [-0.1, -0.05) is 23.8 Å². The first-order chi connectivity index (χ1) is 10.2. The highest BCUT2D eigenvalue weighted by molar-refractivity contribution is 5.31. The van der Waals surface area contributed by atoms with Gasteiger partial charge in [-0.25, -0.2) is 0 Å². The monoisotopic (exact) mass is 289 g/mol. The Balaban J connectivity index is 1.68. The van der Waals surface area contributed by atoms with Crippen LogP contribution in [0.2, 0.25) is 0 Å². The molecule has 0 spiro atoms. The molecule has 2 aliphatic rings. The van der Waals surface area contributed by atoms with Crippen LogP contribution in [-0.2, 0) is 11.2 Å². The Kier molecular flexibility index (Phi) is 4.60. The summed E-state index contributed by atoms with van der Waals surface area (Å²) in [5.41, 5.74) is 6.99. The second-order valence-electron chi connectivity index (χ2n) is 6.57. The minimum Gasteiger partial charge on any atom is -0.374 e. The van der Waals surface area contributed by atoms with Gasteiger partial charge in [0.2, 0.25) is 0 Å². The number of benzene rings is 1. The number of rotatable bonds is 4. The van der Waals surface area contributed by atoms with E-state index in [1.165, 1.54) is 36.1 Å². The number of hydrazine groups is 1. The van der Waals surface area contributed by atoms with E-state index in [0.29, 0.717) is 6.04 Å². The zero-order chi connectivity index (χ0) is 14.8. The number of nitrogens with one attached hydrogen (secondary N) is 1. The third-order valence-corrected chi connectivity index (χ3v) is 5.02. The number of aryl methyl sites for hydroxylation is 2. The number of hydrogen-bond acceptors (Lipinski definition) is 4. The molecule has 3 N–H and O–H groups in total. The average molecular weight is 289 g/mol. The number of ether oxygens (including phenoxy) is 1. The molecule has 3 rings (SSSR count). The van der Waals surface area contributed by atoms with Crippen LogP contribution in [0.5, 0.6) is 0 Å². The maximum atomic E-state index is 6.10. The minimum atomic E-state index is 0.173. The lowest BCUT2D eigenvalue weighted by atomic mass is 9.95. The lowest BCUT2D eigenvalue weighted by molar-refractivity contribution is -0.0644. The molecule has 0 saturated carbocycles. The van der Waals surface area contributed by atoms with Crippen molar-refractivity contribution < 1.29 is 4.74 Å². The van der Waals surface area contributed by atoms with E-state index in [0.717, 1.165) is 19.6 Å². The maximum absolute atomic E-state index is 6.10. The molecule has 0 aliphatic carbocycles. The molecule has 3 atom stereocenters. The fourth-order valence-corrected chi connectivity index (χ4v) is 3.64. The van der Waals surface area contributed by atoms with Gasteiger partial charge >= 0.3 is 0 Å². The van der Waals surface area contributed by atoms with E-state index in [1.807, 2.05) is 0 Å². The lowest BCUT2D eigenvalue weighted by Gasteiger charge is -2.38. The molecule has 0 bridgehead atoms. The van der Waals surface area contributed by atoms with Crippen molar-refractivity contribution in [3.05, 3.63) is 34.9 Å². The maximum Gasteiger partial charge on any atom is 0.0872 e. The van der Waals surface area contributed by atoms with Crippen molar-refractivity contribution in [2.45, 2.75) is 51.3 Å². The molecule has 4 nitrogen and oxygen atoms in total. The van der Waals surface area contributed by atoms with E-state index in [2.05, 4.69) is 42.4 Å². The summed E-state index contributed by atoms with van der Waals surface area (Å²) in [6.07, 6.45) is 3.69. The molecule has 116 valence electrons. The highest BCUT2D eigenvalue weighted by Gasteiger charge is 2.35. The summed E-state index contributed by atoms with van der Waals surface area (Å²) in [4.78, 5) is 2.57. The van der Waals surface area contributed by atoms with Crippen molar-refractivity contribution in [1.29, 1.82) is 0 Å². The summed E-state index contributed by atoms with van der Waals surface area (Å²) in [7, 11) is 0. The molecule has 0 radical (unpaired) electrons. The molecule has 2 aliphatic heterocycles. The topological polar surface area (TPSA) is 50.5 Å². The van der Waals surface area contributed by atoms with Gasteiger partial charge in [-0.3, -0.25) is 16.2 Å². The van der Waals surface area contributed by atoms with Gasteiger partial charge in [-0.2, -0.15) is 0 Å². The molecule has 3 unspecified atom stereocenters. The molecule has 4 heteroatoms. The molecular weight excluding hydrogens is 262 g/mol. The second kappa shape index (κ2) is 6.44. The Morgan fingerprint density at radius 2 is 2.29 bits per heavy atom. The Bertz CT molecular complexity index is 491. The van der Waals surface area contributed by atoms with Gasteiger partial charge in [-0.15, -0.1) is 0 Å². The Morgan fingerprint density at radius 3 is 3.10 bits per heavy atom. The molecule has 1 aromatic carbocycles. The molecule has 0 aromatic heterocycles. The molecule has 1 aromatic rings. The summed E-state index contributed by atoms with van der Waals surface area (Å²) in [6.45, 7) is 7.38. The van der Waals surface area contributed by atoms with Crippen molar-refractivity contribution in [1.82, 2.24) is 10.3 Å².